The Morgan fingerprint density at radius 1 is 1.10 bits per heavy atom. The molecule has 1 aliphatic rings. The Bertz CT molecular complexity index is 1100. The van der Waals surface area contributed by atoms with Gasteiger partial charge in [0.1, 0.15) is 28.7 Å². The molecule has 0 radical (unpaired) electrons. The molecule has 1 fully saturated rings. The third kappa shape index (κ3) is 3.60. The largest absolute Gasteiger partial charge is 0.494 e. The second-order valence-corrected chi connectivity index (χ2v) is 7.51. The molecule has 3 aromatic rings. The molecule has 0 spiro atoms. The normalized spacial score (nSPS) is 14.9. The maximum absolute atomic E-state index is 14.0. The maximum Gasteiger partial charge on any atom is 0.171 e. The molecule has 156 valence electrons. The minimum absolute atomic E-state index is 0.446. The van der Waals surface area contributed by atoms with Crippen LogP contribution in [0.1, 0.15) is 28.9 Å². The Morgan fingerprint density at radius 3 is 2.40 bits per heavy atom. The van der Waals surface area contributed by atoms with Crippen LogP contribution < -0.4 is 9.64 Å². The first-order chi connectivity index (χ1) is 14.4. The summed E-state index contributed by atoms with van der Waals surface area (Å²) in [6.45, 7) is 3.01. The zero-order chi connectivity index (χ0) is 21.4. The molecular weight excluding hydrogens is 393 g/mol. The molecule has 7 heteroatoms. The lowest BCUT2D eigenvalue weighted by molar-refractivity contribution is 0.0891. The maximum atomic E-state index is 14.0. The number of nitrogens with zero attached hydrogens (tertiary/aromatic N) is 2. The van der Waals surface area contributed by atoms with E-state index in [1.807, 2.05) is 31.2 Å². The molecule has 0 amide bonds. The number of fused-ring (bicyclic) bond motifs is 1. The fourth-order valence-electron chi connectivity index (χ4n) is 4.12. The molecule has 0 saturated carbocycles. The van der Waals surface area contributed by atoms with E-state index in [0.29, 0.717) is 43.8 Å². The number of carbonyl (C=O) groups is 1. The van der Waals surface area contributed by atoms with Crippen LogP contribution in [0, 0.1) is 30.3 Å². The van der Waals surface area contributed by atoms with Gasteiger partial charge in [0, 0.05) is 47.9 Å². The van der Waals surface area contributed by atoms with Crippen molar-refractivity contribution < 1.29 is 22.7 Å². The first-order valence-electron chi connectivity index (χ1n) is 9.77. The van der Waals surface area contributed by atoms with Crippen molar-refractivity contribution in [2.45, 2.75) is 19.8 Å². The van der Waals surface area contributed by atoms with Gasteiger partial charge in [-0.3, -0.25) is 4.79 Å². The summed E-state index contributed by atoms with van der Waals surface area (Å²) in [4.78, 5) is 19.4. The minimum Gasteiger partial charge on any atom is -0.494 e. The van der Waals surface area contributed by atoms with Crippen LogP contribution in [0.5, 0.6) is 5.75 Å². The summed E-state index contributed by atoms with van der Waals surface area (Å²) in [5.41, 5.74) is 1.95. The first kappa shape index (κ1) is 20.2. The second-order valence-electron chi connectivity index (χ2n) is 7.51. The van der Waals surface area contributed by atoms with E-state index >= 15 is 0 Å². The molecule has 0 unspecified atom stereocenters. The Labute approximate surface area is 172 Å². The van der Waals surface area contributed by atoms with Crippen LogP contribution in [-0.4, -0.2) is 31.0 Å². The molecule has 1 aliphatic heterocycles. The molecule has 1 saturated heterocycles. The molecule has 0 aliphatic carbocycles. The number of rotatable bonds is 4. The number of ether oxygens (including phenoxy) is 1. The molecule has 30 heavy (non-hydrogen) atoms. The summed E-state index contributed by atoms with van der Waals surface area (Å²) < 4.78 is 46.6. The highest BCUT2D eigenvalue weighted by Gasteiger charge is 2.30. The molecule has 4 nitrogen and oxygen atoms in total. The van der Waals surface area contributed by atoms with Gasteiger partial charge in [-0.05, 0) is 31.9 Å². The van der Waals surface area contributed by atoms with Crippen LogP contribution in [-0.2, 0) is 0 Å². The van der Waals surface area contributed by atoms with E-state index in [1.54, 1.807) is 7.11 Å². The Kier molecular flexibility index (Phi) is 5.37. The number of hydrogen-bond acceptors (Lipinski definition) is 4. The summed E-state index contributed by atoms with van der Waals surface area (Å²) in [6.07, 6.45) is 0.893. The van der Waals surface area contributed by atoms with Gasteiger partial charge in [-0.1, -0.05) is 12.1 Å². The van der Waals surface area contributed by atoms with Gasteiger partial charge in [-0.15, -0.1) is 0 Å². The van der Waals surface area contributed by atoms with Gasteiger partial charge in [0.05, 0.1) is 12.7 Å². The number of halogens is 3. The zero-order valence-corrected chi connectivity index (χ0v) is 16.7. The highest BCUT2D eigenvalue weighted by molar-refractivity contribution is 5.99. The lowest BCUT2D eigenvalue weighted by Gasteiger charge is -2.34. The van der Waals surface area contributed by atoms with E-state index in [-0.39, 0.29) is 0 Å². The highest BCUT2D eigenvalue weighted by Crippen LogP contribution is 2.35. The number of benzene rings is 2. The van der Waals surface area contributed by atoms with E-state index in [0.717, 1.165) is 22.3 Å². The molecule has 2 heterocycles. The number of pyridine rings is 1. The molecule has 0 N–H and O–H groups in total. The number of piperidine rings is 1. The van der Waals surface area contributed by atoms with Gasteiger partial charge in [-0.25, -0.2) is 18.2 Å². The average Bonchev–Trinajstić information content (AvgIpc) is 2.72. The number of aryl methyl sites for hydroxylation is 1. The molecule has 2 aromatic carbocycles. The fraction of sp³-hybridized carbons (Fsp3) is 0.304. The number of carbonyl (C=O) groups excluding carboxylic acids is 1. The first-order valence-corrected chi connectivity index (χ1v) is 9.77. The van der Waals surface area contributed by atoms with Gasteiger partial charge >= 0.3 is 0 Å². The summed E-state index contributed by atoms with van der Waals surface area (Å²) in [7, 11) is 1.60. The van der Waals surface area contributed by atoms with Gasteiger partial charge in [0.25, 0.3) is 0 Å². The predicted molar refractivity (Wildman–Crippen MR) is 109 cm³/mol. The van der Waals surface area contributed by atoms with E-state index < -0.39 is 34.7 Å². The quantitative estimate of drug-likeness (QED) is 0.559. The van der Waals surface area contributed by atoms with E-state index in [4.69, 9.17) is 4.74 Å². The lowest BCUT2D eigenvalue weighted by atomic mass is 9.88. The van der Waals surface area contributed by atoms with Crippen LogP contribution in [0.3, 0.4) is 0 Å². The summed E-state index contributed by atoms with van der Waals surface area (Å²) in [5, 5.41) is 0.945. The Hall–Kier alpha value is -3.09. The van der Waals surface area contributed by atoms with Crippen LogP contribution in [0.4, 0.5) is 18.9 Å². The van der Waals surface area contributed by atoms with Crippen molar-refractivity contribution in [3.8, 4) is 5.75 Å². The predicted octanol–water partition coefficient (Wildman–Crippen LogP) is 5.07. The number of anilines is 1. The van der Waals surface area contributed by atoms with Gasteiger partial charge in [0.15, 0.2) is 5.78 Å². The standard InChI is InChI=1S/C23H21F3N2O2/c1-13-10-19(16-4-3-5-20(30-2)22(16)27-13)28-8-6-14(7-9-28)23(29)21-17(25)11-15(24)12-18(21)26/h3-5,10-12,14H,6-9H2,1-2H3. The number of ketones is 1. The minimum atomic E-state index is -1.15. The number of para-hydroxylation sites is 1. The van der Waals surface area contributed by atoms with Gasteiger partial charge < -0.3 is 9.64 Å². The number of aromatic nitrogens is 1. The van der Waals surface area contributed by atoms with Crippen LogP contribution >= 0.6 is 0 Å². The van der Waals surface area contributed by atoms with Crippen molar-refractivity contribution in [3.05, 3.63) is 65.1 Å². The van der Waals surface area contributed by atoms with E-state index in [1.165, 1.54) is 0 Å². The third-order valence-corrected chi connectivity index (χ3v) is 5.59. The lowest BCUT2D eigenvalue weighted by Crippen LogP contribution is -2.37. The Balaban J connectivity index is 1.58. The fourth-order valence-corrected chi connectivity index (χ4v) is 4.12. The number of hydrogen-bond donors (Lipinski definition) is 0. The van der Waals surface area contributed by atoms with Crippen molar-refractivity contribution in [2.75, 3.05) is 25.1 Å². The van der Waals surface area contributed by atoms with Crippen LogP contribution in [0.15, 0.2) is 36.4 Å². The molecule has 4 rings (SSSR count). The summed E-state index contributed by atoms with van der Waals surface area (Å²) in [6, 6.07) is 8.81. The Morgan fingerprint density at radius 2 is 1.77 bits per heavy atom. The average molecular weight is 414 g/mol. The zero-order valence-electron chi connectivity index (χ0n) is 16.7. The summed E-state index contributed by atoms with van der Waals surface area (Å²) in [5.74, 6) is -3.77. The molecule has 0 atom stereocenters. The number of Topliss-reactive ketones (excluding diaryl/α,β-unsaturated/α-hetero) is 1. The topological polar surface area (TPSA) is 42.4 Å². The SMILES string of the molecule is COc1cccc2c(N3CCC(C(=O)c4c(F)cc(F)cc4F)CC3)cc(C)nc12. The van der Waals surface area contributed by atoms with E-state index in [2.05, 4.69) is 9.88 Å². The van der Waals surface area contributed by atoms with Crippen LogP contribution in [0.2, 0.25) is 0 Å². The van der Waals surface area contributed by atoms with Crippen molar-refractivity contribution >= 4 is 22.4 Å². The molecule has 0 bridgehead atoms. The summed E-state index contributed by atoms with van der Waals surface area (Å²) >= 11 is 0. The van der Waals surface area contributed by atoms with Crippen molar-refractivity contribution in [2.24, 2.45) is 5.92 Å². The van der Waals surface area contributed by atoms with Gasteiger partial charge in [-0.2, -0.15) is 0 Å². The second kappa shape index (κ2) is 7.97. The van der Waals surface area contributed by atoms with Crippen molar-refractivity contribution in [3.63, 3.8) is 0 Å². The number of methoxy groups -OCH3 is 1. The van der Waals surface area contributed by atoms with E-state index in [9.17, 15) is 18.0 Å². The smallest absolute Gasteiger partial charge is 0.171 e. The molecule has 1 aromatic heterocycles. The third-order valence-electron chi connectivity index (χ3n) is 5.59. The van der Waals surface area contributed by atoms with Crippen molar-refractivity contribution in [1.82, 2.24) is 4.98 Å². The molecular formula is C23H21F3N2O2. The van der Waals surface area contributed by atoms with Crippen molar-refractivity contribution in [1.29, 1.82) is 0 Å². The highest BCUT2D eigenvalue weighted by atomic mass is 19.1. The van der Waals surface area contributed by atoms with Gasteiger partial charge in [0.2, 0.25) is 0 Å². The monoisotopic (exact) mass is 414 g/mol. The van der Waals surface area contributed by atoms with Crippen LogP contribution in [0.25, 0.3) is 10.9 Å².